The summed E-state index contributed by atoms with van der Waals surface area (Å²) in [5.41, 5.74) is 5.16. The molecule has 0 unspecified atom stereocenters. The van der Waals surface area contributed by atoms with E-state index in [9.17, 15) is 0 Å². The molecule has 2 aromatic heterocycles. The largest absolute Gasteiger partial charge is 0.340 e. The van der Waals surface area contributed by atoms with Gasteiger partial charge in [-0.3, -0.25) is 4.90 Å². The first kappa shape index (κ1) is 19.3. The van der Waals surface area contributed by atoms with Gasteiger partial charge in [0.15, 0.2) is 5.69 Å². The molecule has 0 saturated carbocycles. The molecule has 1 saturated heterocycles. The van der Waals surface area contributed by atoms with Gasteiger partial charge in [0.25, 0.3) is 0 Å². The third kappa shape index (κ3) is 3.90. The highest BCUT2D eigenvalue weighted by molar-refractivity contribution is 5.77. The molecule has 1 aliphatic heterocycles. The molecule has 1 aliphatic rings. The summed E-state index contributed by atoms with van der Waals surface area (Å²) in [5, 5.41) is 0. The lowest BCUT2D eigenvalue weighted by atomic mass is 10.1. The zero-order valence-electron chi connectivity index (χ0n) is 17.6. The Morgan fingerprint density at radius 2 is 1.84 bits per heavy atom. The number of aromatic amines is 1. The van der Waals surface area contributed by atoms with E-state index < -0.39 is 0 Å². The standard InChI is InChI=1S/C24H25N7/c1-18(19-7-9-20(25-2)10-8-19)31-17-26-15-21(31)16-29-11-13-30(14-12-29)24-27-22-5-3-4-6-23(22)28-24/h3-10,15,17-18H,11-14,16H2,1H3,(H,27,28)/t18-/m1/s1. The topological polar surface area (TPSA) is 57.3 Å². The number of hydrogen-bond acceptors (Lipinski definition) is 4. The van der Waals surface area contributed by atoms with Crippen molar-refractivity contribution >= 4 is 22.7 Å². The van der Waals surface area contributed by atoms with E-state index in [2.05, 4.69) is 42.2 Å². The van der Waals surface area contributed by atoms with Crippen LogP contribution >= 0.6 is 0 Å². The predicted molar refractivity (Wildman–Crippen MR) is 122 cm³/mol. The summed E-state index contributed by atoms with van der Waals surface area (Å²) in [7, 11) is 0. The van der Waals surface area contributed by atoms with Crippen molar-refractivity contribution in [2.24, 2.45) is 0 Å². The van der Waals surface area contributed by atoms with Gasteiger partial charge in [0, 0.05) is 38.9 Å². The number of hydrogen-bond donors (Lipinski definition) is 1. The van der Waals surface area contributed by atoms with E-state index in [0.717, 1.165) is 49.7 Å². The fourth-order valence-corrected chi connectivity index (χ4v) is 4.23. The Kier molecular flexibility index (Phi) is 5.14. The smallest absolute Gasteiger partial charge is 0.203 e. The maximum absolute atomic E-state index is 7.13. The predicted octanol–water partition coefficient (Wildman–Crippen LogP) is 4.24. The molecule has 0 radical (unpaired) electrons. The summed E-state index contributed by atoms with van der Waals surface area (Å²) < 4.78 is 2.23. The minimum Gasteiger partial charge on any atom is -0.340 e. The molecule has 156 valence electrons. The number of nitrogens with one attached hydrogen (secondary N) is 1. The summed E-state index contributed by atoms with van der Waals surface area (Å²) in [6.07, 6.45) is 3.88. The molecule has 7 nitrogen and oxygen atoms in total. The molecule has 31 heavy (non-hydrogen) atoms. The number of para-hydroxylation sites is 2. The molecule has 3 heterocycles. The van der Waals surface area contributed by atoms with Crippen molar-refractivity contribution in [3.8, 4) is 0 Å². The van der Waals surface area contributed by atoms with Gasteiger partial charge in [-0.05, 0) is 24.6 Å². The van der Waals surface area contributed by atoms with Gasteiger partial charge >= 0.3 is 0 Å². The first-order chi connectivity index (χ1) is 15.2. The summed E-state index contributed by atoms with van der Waals surface area (Å²) in [4.78, 5) is 20.9. The van der Waals surface area contributed by atoms with Crippen LogP contribution in [0.3, 0.4) is 0 Å². The average Bonchev–Trinajstić information content (AvgIpc) is 3.46. The van der Waals surface area contributed by atoms with Gasteiger partial charge < -0.3 is 14.5 Å². The van der Waals surface area contributed by atoms with E-state index >= 15 is 0 Å². The number of rotatable bonds is 5. The van der Waals surface area contributed by atoms with Crippen LogP contribution in [0.1, 0.15) is 24.2 Å². The van der Waals surface area contributed by atoms with Crippen LogP contribution in [0.2, 0.25) is 0 Å². The van der Waals surface area contributed by atoms with Crippen molar-refractivity contribution in [1.82, 2.24) is 24.4 Å². The fraction of sp³-hybridized carbons (Fsp3) is 0.292. The summed E-state index contributed by atoms with van der Waals surface area (Å²) in [6, 6.07) is 16.2. The summed E-state index contributed by atoms with van der Waals surface area (Å²) in [6.45, 7) is 14.0. The third-order valence-electron chi connectivity index (χ3n) is 6.10. The van der Waals surface area contributed by atoms with Crippen molar-refractivity contribution < 1.29 is 0 Å². The number of benzene rings is 2. The Morgan fingerprint density at radius 1 is 1.06 bits per heavy atom. The van der Waals surface area contributed by atoms with Crippen LogP contribution in [-0.4, -0.2) is 50.6 Å². The molecule has 1 atom stereocenters. The molecule has 0 bridgehead atoms. The van der Waals surface area contributed by atoms with Gasteiger partial charge in [-0.1, -0.05) is 36.4 Å². The maximum atomic E-state index is 7.13. The SMILES string of the molecule is [C-]#[N+]c1ccc([C@@H](C)n2cncc2CN2CCN(c3nc4ccccc4[nH]3)CC2)cc1. The Labute approximate surface area is 181 Å². The first-order valence-corrected chi connectivity index (χ1v) is 10.6. The molecule has 1 N–H and O–H groups in total. The van der Waals surface area contributed by atoms with Gasteiger partial charge in [-0.2, -0.15) is 0 Å². The van der Waals surface area contributed by atoms with Crippen LogP contribution < -0.4 is 4.90 Å². The number of aromatic nitrogens is 4. The zero-order valence-corrected chi connectivity index (χ0v) is 17.6. The highest BCUT2D eigenvalue weighted by Crippen LogP contribution is 2.24. The average molecular weight is 412 g/mol. The van der Waals surface area contributed by atoms with Crippen molar-refractivity contribution in [2.45, 2.75) is 19.5 Å². The number of piperazine rings is 1. The van der Waals surface area contributed by atoms with Crippen LogP contribution in [-0.2, 0) is 6.54 Å². The minimum absolute atomic E-state index is 0.175. The monoisotopic (exact) mass is 411 g/mol. The molecule has 0 aliphatic carbocycles. The van der Waals surface area contributed by atoms with Crippen molar-refractivity contribution in [3.63, 3.8) is 0 Å². The Bertz CT molecular complexity index is 1170. The normalized spacial score (nSPS) is 15.8. The molecular formula is C24H25N7. The molecular weight excluding hydrogens is 386 g/mol. The second-order valence-corrected chi connectivity index (χ2v) is 8.01. The Balaban J connectivity index is 1.24. The molecule has 1 fully saturated rings. The lowest BCUT2D eigenvalue weighted by Gasteiger charge is -2.34. The fourth-order valence-electron chi connectivity index (χ4n) is 4.23. The van der Waals surface area contributed by atoms with Gasteiger partial charge in [-0.25, -0.2) is 14.8 Å². The molecule has 5 rings (SSSR count). The number of anilines is 1. The zero-order chi connectivity index (χ0) is 21.2. The Hall–Kier alpha value is -3.63. The lowest BCUT2D eigenvalue weighted by molar-refractivity contribution is 0.242. The van der Waals surface area contributed by atoms with E-state index in [-0.39, 0.29) is 6.04 Å². The molecule has 0 spiro atoms. The van der Waals surface area contributed by atoms with Crippen molar-refractivity contribution in [2.75, 3.05) is 31.1 Å². The summed E-state index contributed by atoms with van der Waals surface area (Å²) >= 11 is 0. The molecule has 4 aromatic rings. The van der Waals surface area contributed by atoms with E-state index in [1.807, 2.05) is 55.0 Å². The van der Waals surface area contributed by atoms with Crippen LogP contribution in [0.15, 0.2) is 61.1 Å². The lowest BCUT2D eigenvalue weighted by Crippen LogP contribution is -2.46. The quantitative estimate of drug-likeness (QED) is 0.499. The maximum Gasteiger partial charge on any atom is 0.203 e. The van der Waals surface area contributed by atoms with E-state index in [4.69, 9.17) is 11.6 Å². The highest BCUT2D eigenvalue weighted by Gasteiger charge is 2.21. The van der Waals surface area contributed by atoms with Crippen LogP contribution in [0.25, 0.3) is 15.9 Å². The number of imidazole rings is 2. The van der Waals surface area contributed by atoms with E-state index in [0.29, 0.717) is 5.69 Å². The minimum atomic E-state index is 0.175. The van der Waals surface area contributed by atoms with Crippen molar-refractivity contribution in [1.29, 1.82) is 0 Å². The van der Waals surface area contributed by atoms with Crippen LogP contribution in [0.5, 0.6) is 0 Å². The van der Waals surface area contributed by atoms with Gasteiger partial charge in [0.05, 0.1) is 35.7 Å². The van der Waals surface area contributed by atoms with E-state index in [1.165, 1.54) is 11.3 Å². The number of fused-ring (bicyclic) bond motifs is 1. The van der Waals surface area contributed by atoms with Crippen LogP contribution in [0, 0.1) is 6.57 Å². The summed E-state index contributed by atoms with van der Waals surface area (Å²) in [5.74, 6) is 0.961. The first-order valence-electron chi connectivity index (χ1n) is 10.6. The van der Waals surface area contributed by atoms with Crippen molar-refractivity contribution in [3.05, 3.63) is 83.7 Å². The number of nitrogens with zero attached hydrogens (tertiary/aromatic N) is 6. The number of H-pyrrole nitrogens is 1. The Morgan fingerprint density at radius 3 is 2.58 bits per heavy atom. The van der Waals surface area contributed by atoms with Gasteiger partial charge in [0.2, 0.25) is 5.95 Å². The second-order valence-electron chi connectivity index (χ2n) is 8.01. The highest BCUT2D eigenvalue weighted by atomic mass is 15.3. The molecule has 0 amide bonds. The van der Waals surface area contributed by atoms with Gasteiger partial charge in [0.1, 0.15) is 0 Å². The van der Waals surface area contributed by atoms with Gasteiger partial charge in [-0.15, -0.1) is 0 Å². The molecule has 2 aromatic carbocycles. The second kappa shape index (κ2) is 8.25. The van der Waals surface area contributed by atoms with Crippen LogP contribution in [0.4, 0.5) is 11.6 Å². The molecule has 7 heteroatoms. The van der Waals surface area contributed by atoms with E-state index in [1.54, 1.807) is 0 Å². The third-order valence-corrected chi connectivity index (χ3v) is 6.10.